The number of benzene rings is 2. The lowest BCUT2D eigenvalue weighted by Gasteiger charge is -2.21. The van der Waals surface area contributed by atoms with Gasteiger partial charge in [0.15, 0.2) is 0 Å². The predicted molar refractivity (Wildman–Crippen MR) is 106 cm³/mol. The molecule has 0 bridgehead atoms. The van der Waals surface area contributed by atoms with E-state index < -0.39 is 10.0 Å². The monoisotopic (exact) mass is 375 g/mol. The van der Waals surface area contributed by atoms with E-state index in [-0.39, 0.29) is 16.4 Å². The first kappa shape index (κ1) is 20.5. The maximum Gasteiger partial charge on any atom is 0.241 e. The van der Waals surface area contributed by atoms with Crippen LogP contribution in [0.4, 0.5) is 0 Å². The van der Waals surface area contributed by atoms with Gasteiger partial charge in [-0.2, -0.15) is 0 Å². The highest BCUT2D eigenvalue weighted by molar-refractivity contribution is 7.89. The average Bonchev–Trinajstić information content (AvgIpc) is 2.55. The van der Waals surface area contributed by atoms with E-state index in [1.807, 2.05) is 26.0 Å². The van der Waals surface area contributed by atoms with E-state index in [4.69, 9.17) is 4.74 Å². The standard InChI is InChI=1S/C21H29NO3S/c1-14-13-20(15(2)12-19(14)25-7)26(23,24)22-16(3)17-8-10-18(11-9-17)21(4,5)6/h8-13,16,22H,1-7H3. The van der Waals surface area contributed by atoms with Crippen molar-refractivity contribution in [1.29, 1.82) is 0 Å². The van der Waals surface area contributed by atoms with Gasteiger partial charge < -0.3 is 4.74 Å². The number of hydrogen-bond acceptors (Lipinski definition) is 3. The minimum absolute atomic E-state index is 0.0685. The van der Waals surface area contributed by atoms with Gasteiger partial charge in [-0.3, -0.25) is 0 Å². The maximum atomic E-state index is 12.9. The quantitative estimate of drug-likeness (QED) is 0.828. The van der Waals surface area contributed by atoms with Crippen molar-refractivity contribution in [2.45, 2.75) is 57.9 Å². The Balaban J connectivity index is 2.28. The van der Waals surface area contributed by atoms with Gasteiger partial charge in [-0.1, -0.05) is 45.0 Å². The van der Waals surface area contributed by atoms with E-state index in [1.165, 1.54) is 5.56 Å². The number of rotatable bonds is 5. The number of nitrogens with one attached hydrogen (secondary N) is 1. The normalized spacial score (nSPS) is 13.5. The van der Waals surface area contributed by atoms with Crippen LogP contribution < -0.4 is 9.46 Å². The van der Waals surface area contributed by atoms with Crippen LogP contribution in [0.5, 0.6) is 5.75 Å². The molecule has 0 heterocycles. The summed E-state index contributed by atoms with van der Waals surface area (Å²) in [6, 6.07) is 11.2. The van der Waals surface area contributed by atoms with Gasteiger partial charge in [0.05, 0.1) is 12.0 Å². The maximum absolute atomic E-state index is 12.9. The molecule has 0 spiro atoms. The summed E-state index contributed by atoms with van der Waals surface area (Å²) in [5.41, 5.74) is 3.68. The van der Waals surface area contributed by atoms with Crippen LogP contribution in [0.15, 0.2) is 41.3 Å². The van der Waals surface area contributed by atoms with Crippen LogP contribution in [0.2, 0.25) is 0 Å². The molecule has 2 aromatic carbocycles. The van der Waals surface area contributed by atoms with Gasteiger partial charge in [0.2, 0.25) is 10.0 Å². The summed E-state index contributed by atoms with van der Waals surface area (Å²) in [4.78, 5) is 0.286. The molecule has 1 atom stereocenters. The molecule has 1 unspecified atom stereocenters. The molecule has 5 heteroatoms. The molecule has 0 radical (unpaired) electrons. The van der Waals surface area contributed by atoms with E-state index in [1.54, 1.807) is 26.2 Å². The number of aryl methyl sites for hydroxylation is 2. The first-order valence-corrected chi connectivity index (χ1v) is 10.2. The molecule has 2 aromatic rings. The van der Waals surface area contributed by atoms with E-state index in [0.717, 1.165) is 11.1 Å². The summed E-state index contributed by atoms with van der Waals surface area (Å²) in [5.74, 6) is 0.687. The zero-order valence-electron chi connectivity index (χ0n) is 16.7. The Labute approximate surface area is 157 Å². The average molecular weight is 376 g/mol. The number of methoxy groups -OCH3 is 1. The summed E-state index contributed by atoms with van der Waals surface area (Å²) in [5, 5.41) is 0. The zero-order chi connectivity index (χ0) is 19.7. The van der Waals surface area contributed by atoms with Gasteiger partial charge in [-0.05, 0) is 60.6 Å². The highest BCUT2D eigenvalue weighted by Crippen LogP contribution is 2.28. The smallest absolute Gasteiger partial charge is 0.241 e. The Hall–Kier alpha value is -1.85. The van der Waals surface area contributed by atoms with Crippen molar-refractivity contribution >= 4 is 10.0 Å². The summed E-state index contributed by atoms with van der Waals surface area (Å²) in [6.07, 6.45) is 0. The molecule has 0 aliphatic carbocycles. The molecule has 0 saturated carbocycles. The largest absolute Gasteiger partial charge is 0.496 e. The molecule has 1 N–H and O–H groups in total. The molecule has 2 rings (SSSR count). The third-order valence-corrected chi connectivity index (χ3v) is 6.27. The molecular weight excluding hydrogens is 346 g/mol. The highest BCUT2D eigenvalue weighted by Gasteiger charge is 2.22. The molecule has 26 heavy (non-hydrogen) atoms. The lowest BCUT2D eigenvalue weighted by molar-refractivity contribution is 0.411. The zero-order valence-corrected chi connectivity index (χ0v) is 17.5. The van der Waals surface area contributed by atoms with Crippen LogP contribution >= 0.6 is 0 Å². The second-order valence-electron chi connectivity index (χ2n) is 7.80. The molecular formula is C21H29NO3S. The van der Waals surface area contributed by atoms with Crippen LogP contribution in [0.1, 0.15) is 56.0 Å². The topological polar surface area (TPSA) is 55.4 Å². The summed E-state index contributed by atoms with van der Waals surface area (Å²) in [7, 11) is -2.05. The molecule has 0 amide bonds. The van der Waals surface area contributed by atoms with Gasteiger partial charge in [-0.25, -0.2) is 13.1 Å². The predicted octanol–water partition coefficient (Wildman–Crippen LogP) is 4.65. The minimum atomic E-state index is -3.63. The SMILES string of the molecule is COc1cc(C)c(S(=O)(=O)NC(C)c2ccc(C(C)(C)C)cc2)cc1C. The van der Waals surface area contributed by atoms with Gasteiger partial charge >= 0.3 is 0 Å². The van der Waals surface area contributed by atoms with E-state index in [0.29, 0.717) is 11.3 Å². The van der Waals surface area contributed by atoms with E-state index in [2.05, 4.69) is 37.6 Å². The highest BCUT2D eigenvalue weighted by atomic mass is 32.2. The van der Waals surface area contributed by atoms with Crippen molar-refractivity contribution < 1.29 is 13.2 Å². The fourth-order valence-corrected chi connectivity index (χ4v) is 4.45. The lowest BCUT2D eigenvalue weighted by atomic mass is 9.86. The van der Waals surface area contributed by atoms with Crippen molar-refractivity contribution in [1.82, 2.24) is 4.72 Å². The van der Waals surface area contributed by atoms with Crippen molar-refractivity contribution in [3.63, 3.8) is 0 Å². The second-order valence-corrected chi connectivity index (χ2v) is 9.48. The number of ether oxygens (including phenoxy) is 1. The van der Waals surface area contributed by atoms with Crippen LogP contribution in [0.3, 0.4) is 0 Å². The summed E-state index contributed by atoms with van der Waals surface area (Å²) < 4.78 is 33.8. The van der Waals surface area contributed by atoms with Gasteiger partial charge in [0, 0.05) is 6.04 Å². The molecule has 0 aromatic heterocycles. The molecule has 0 aliphatic heterocycles. The Bertz CT molecular complexity index is 879. The number of hydrogen-bond donors (Lipinski definition) is 1. The van der Waals surface area contributed by atoms with E-state index in [9.17, 15) is 8.42 Å². The van der Waals surface area contributed by atoms with Crippen molar-refractivity contribution in [2.75, 3.05) is 7.11 Å². The Morgan fingerprint density at radius 1 is 1.00 bits per heavy atom. The molecule has 142 valence electrons. The fraction of sp³-hybridized carbons (Fsp3) is 0.429. The third kappa shape index (κ3) is 4.46. The first-order valence-electron chi connectivity index (χ1n) is 8.73. The molecule has 4 nitrogen and oxygen atoms in total. The van der Waals surface area contributed by atoms with Gasteiger partial charge in [0.25, 0.3) is 0 Å². The third-order valence-electron chi connectivity index (χ3n) is 4.59. The fourth-order valence-electron chi connectivity index (χ4n) is 2.91. The Morgan fingerprint density at radius 2 is 1.58 bits per heavy atom. The van der Waals surface area contributed by atoms with Crippen LogP contribution in [-0.4, -0.2) is 15.5 Å². The van der Waals surface area contributed by atoms with Crippen molar-refractivity contribution in [3.8, 4) is 5.75 Å². The molecule has 0 aliphatic rings. The van der Waals surface area contributed by atoms with Gasteiger partial charge in [-0.15, -0.1) is 0 Å². The van der Waals surface area contributed by atoms with Crippen LogP contribution in [-0.2, 0) is 15.4 Å². The molecule has 0 saturated heterocycles. The Kier molecular flexibility index (Phi) is 5.83. The Morgan fingerprint density at radius 3 is 2.08 bits per heavy atom. The van der Waals surface area contributed by atoms with Crippen LogP contribution in [0.25, 0.3) is 0 Å². The summed E-state index contributed by atoms with van der Waals surface area (Å²) in [6.45, 7) is 11.9. The number of sulfonamides is 1. The second kappa shape index (κ2) is 7.41. The van der Waals surface area contributed by atoms with E-state index >= 15 is 0 Å². The van der Waals surface area contributed by atoms with Crippen LogP contribution in [0, 0.1) is 13.8 Å². The minimum Gasteiger partial charge on any atom is -0.496 e. The lowest BCUT2D eigenvalue weighted by Crippen LogP contribution is -2.27. The van der Waals surface area contributed by atoms with Crippen molar-refractivity contribution in [3.05, 3.63) is 58.7 Å². The van der Waals surface area contributed by atoms with Crippen molar-refractivity contribution in [2.24, 2.45) is 0 Å². The van der Waals surface area contributed by atoms with Gasteiger partial charge in [0.1, 0.15) is 5.75 Å². The summed E-state index contributed by atoms with van der Waals surface area (Å²) >= 11 is 0. The first-order chi connectivity index (χ1) is 12.0. The molecule has 0 fully saturated rings.